The number of Topliss-reactive ketones (excluding diaryl/α,β-unsaturated/α-hetero) is 1. The van der Waals surface area contributed by atoms with Gasteiger partial charge in [0.2, 0.25) is 46.8 Å². The number of halogens is 3. The average Bonchev–Trinajstić information content (AvgIpc) is 1.63. The molecule has 0 aliphatic carbocycles. The minimum Gasteiger partial charge on any atom is -0.399 e. The number of aromatic nitrogens is 13. The van der Waals surface area contributed by atoms with Crippen LogP contribution in [0.3, 0.4) is 0 Å². The van der Waals surface area contributed by atoms with Gasteiger partial charge in [-0.15, -0.1) is 0 Å². The highest BCUT2D eigenvalue weighted by molar-refractivity contribution is 9.10. The molecular weight excluding hydrogens is 1410 g/mol. The summed E-state index contributed by atoms with van der Waals surface area (Å²) >= 11 is 6.51. The topological polar surface area (TPSA) is 372 Å². The van der Waals surface area contributed by atoms with E-state index in [1.165, 1.54) is 33.9 Å². The van der Waals surface area contributed by atoms with Crippen molar-refractivity contribution in [3.63, 3.8) is 0 Å². The molecule has 0 atom stereocenters. The molecule has 1 saturated heterocycles. The minimum atomic E-state index is -1.00. The number of hydrogen-bond donors (Lipinski definition) is 8. The van der Waals surface area contributed by atoms with Crippen molar-refractivity contribution in [2.24, 2.45) is 16.5 Å². The number of fused-ring (bicyclic) bond motifs is 2. The number of H-pyrrole nitrogens is 3. The zero-order valence-corrected chi connectivity index (χ0v) is 59.8. The minimum absolute atomic E-state index is 0.0219. The number of aryl methyl sites for hydroxylation is 4. The highest BCUT2D eigenvalue weighted by Gasteiger charge is 2.52. The lowest BCUT2D eigenvalue weighted by atomic mass is 9.80. The van der Waals surface area contributed by atoms with Gasteiger partial charge in [0.05, 0.1) is 89.1 Å². The zero-order valence-electron chi connectivity index (χ0n) is 57.7. The van der Waals surface area contributed by atoms with Gasteiger partial charge >= 0.3 is 7.12 Å². The first-order valence-corrected chi connectivity index (χ1v) is 32.0. The SMILES string of the molecule is CC(=O)N=C(N)N.CC(=O)Nc1cc(-c2cccc(C)n2)c(Br)[nH]1.CC(=O)Nc1ncc(-c2cccc(C)n2)[nH]1.Cc1cccc(C(=O)CBr)n1.[2H]CF.[C-]#[N+]c1cnc2ccc(-c3nc(NC(C)=O)[nH]c3-c3cccc(C)n3)cn12.[C-]#[N+]c1cnc2ccc(B3OC(C)(C)C(C)(C)O3)cn12. The van der Waals surface area contributed by atoms with Gasteiger partial charge in [-0.25, -0.2) is 33.7 Å². The summed E-state index contributed by atoms with van der Waals surface area (Å²) in [6.07, 6.45) is 8.41. The van der Waals surface area contributed by atoms with Crippen molar-refractivity contribution in [2.45, 2.75) is 94.3 Å². The van der Waals surface area contributed by atoms with Crippen molar-refractivity contribution in [2.75, 3.05) is 28.4 Å². The Morgan fingerprint density at radius 2 is 1.15 bits per heavy atom. The van der Waals surface area contributed by atoms with Crippen LogP contribution in [0.5, 0.6) is 0 Å². The molecule has 1 aliphatic heterocycles. The van der Waals surface area contributed by atoms with E-state index in [9.17, 15) is 28.4 Å². The van der Waals surface area contributed by atoms with Gasteiger partial charge in [0.1, 0.15) is 17.2 Å². The smallest absolute Gasteiger partial charge is 0.399 e. The number of guanidine groups is 1. The Kier molecular flexibility index (Phi) is 27.1. The summed E-state index contributed by atoms with van der Waals surface area (Å²) < 4.78 is 31.8. The highest BCUT2D eigenvalue weighted by Crippen LogP contribution is 2.37. The number of nitrogens with two attached hydrogens (primary N) is 2. The summed E-state index contributed by atoms with van der Waals surface area (Å²) in [5.41, 5.74) is 21.5. The number of imidazole rings is 4. The van der Waals surface area contributed by atoms with Crippen LogP contribution in [0.4, 0.5) is 33.7 Å². The van der Waals surface area contributed by atoms with E-state index in [4.69, 9.17) is 35.3 Å². The third kappa shape index (κ3) is 21.8. The number of ketones is 1. The first-order chi connectivity index (χ1) is 47.9. The number of pyridine rings is 6. The van der Waals surface area contributed by atoms with Crippen LogP contribution in [0.2, 0.25) is 0 Å². The van der Waals surface area contributed by atoms with E-state index in [-0.39, 0.29) is 46.6 Å². The molecule has 0 saturated carbocycles. The van der Waals surface area contributed by atoms with Gasteiger partial charge in [-0.3, -0.25) is 53.9 Å². The van der Waals surface area contributed by atoms with Crippen LogP contribution in [-0.2, 0) is 28.5 Å². The Hall–Kier alpha value is -11.4. The summed E-state index contributed by atoms with van der Waals surface area (Å²) in [5, 5.41) is 8.28. The molecule has 12 heterocycles. The second kappa shape index (κ2) is 35.7. The summed E-state index contributed by atoms with van der Waals surface area (Å²) in [6.45, 7) is 35.8. The summed E-state index contributed by atoms with van der Waals surface area (Å²) in [6, 6.07) is 32.0. The molecule has 11 aromatic heterocycles. The van der Waals surface area contributed by atoms with Crippen LogP contribution in [-0.4, -0.2) is 130 Å². The largest absolute Gasteiger partial charge is 0.498 e. The molecule has 12 rings (SSSR count). The standard InChI is InChI=1S/C19H15N7O.C14H16BN3O2.C12H12BrN3O.C11H12N4O.C8H8BrNO.C3H7N3O.CH3F/c1-11-5-4-6-14(22-11)18-17(24-19(25-18)23-12(2)27)13-7-8-15-21-9-16(20-3)26(15)10-13;1-13(2)14(3,4)20-15(19-13)10-6-7-11-17-8-12(16-5)18(11)9-10;1-7-4-3-5-10(14-7)9-6-11(15-8(2)17)16-12(9)13;1-7-4-3-5-9(13-7)10-6-12-11(15-10)14-8(2)16;1-6-3-2-4-7(10-6)8(11)5-9;1-2(7)6-3(4)5;1-2/h4-10H,1-2H3,(H2,23,24,25,27);6-9H,1-4H3;3-6,16H,1-2H3,(H,15,17);3-6H,1-2H3,(H2,12,14,15,16);2-4H,5H2,1H3;1H3,(H4,4,5,6,7);1H3/i;;;;;;1D. The molecule has 1 aliphatic rings. The van der Waals surface area contributed by atoms with Crippen LogP contribution in [0.25, 0.3) is 66.3 Å². The molecule has 0 unspecified atom stereocenters. The molecule has 0 radical (unpaired) electrons. The number of carbonyl (C=O) groups is 5. The Balaban J connectivity index is 0.000000197. The first-order valence-electron chi connectivity index (χ1n) is 30.8. The predicted molar refractivity (Wildman–Crippen MR) is 391 cm³/mol. The number of aliphatic imine (C=N–C) groups is 1. The van der Waals surface area contributed by atoms with Crippen molar-refractivity contribution in [1.82, 2.24) is 63.6 Å². The highest BCUT2D eigenvalue weighted by atomic mass is 79.9. The number of nitrogens with zero attached hydrogens (tertiary/aromatic N) is 13. The quantitative estimate of drug-likeness (QED) is 0.0157. The van der Waals surface area contributed by atoms with Gasteiger partial charge in [0.25, 0.3) is 11.6 Å². The molecule has 0 bridgehead atoms. The molecule has 28 nitrogen and oxygen atoms in total. The number of amides is 4. The third-order valence-electron chi connectivity index (χ3n) is 14.0. The average molecular weight is 1490 g/mol. The fourth-order valence-electron chi connectivity index (χ4n) is 8.94. The van der Waals surface area contributed by atoms with E-state index < -0.39 is 14.3 Å². The van der Waals surface area contributed by atoms with Crippen molar-refractivity contribution in [1.29, 1.82) is 0 Å². The predicted octanol–water partition coefficient (Wildman–Crippen LogP) is 12.0. The van der Waals surface area contributed by atoms with Gasteiger partial charge in [-0.2, -0.15) is 4.99 Å². The molecule has 32 heteroatoms. The maximum atomic E-state index is 11.5. The zero-order chi connectivity index (χ0) is 74.3. The number of nitrogens with one attached hydrogen (secondary N) is 6. The third-order valence-corrected chi connectivity index (χ3v) is 15.2. The normalized spacial score (nSPS) is 12.1. The van der Waals surface area contributed by atoms with Crippen LogP contribution in [0.15, 0.2) is 144 Å². The van der Waals surface area contributed by atoms with Gasteiger partial charge in [0.15, 0.2) is 11.7 Å². The number of anilines is 3. The van der Waals surface area contributed by atoms with E-state index >= 15 is 0 Å². The molecular formula is C68H73BBr2FN21O7. The van der Waals surface area contributed by atoms with Gasteiger partial charge in [-0.05, 0) is 132 Å². The summed E-state index contributed by atoms with van der Waals surface area (Å²) in [4.78, 5) is 108. The number of aromatic amines is 3. The van der Waals surface area contributed by atoms with E-state index in [0.29, 0.717) is 63.1 Å². The Morgan fingerprint density at radius 3 is 1.66 bits per heavy atom. The van der Waals surface area contributed by atoms with Gasteiger partial charge in [-0.1, -0.05) is 59.4 Å². The molecule has 516 valence electrons. The molecule has 11 aromatic rings. The van der Waals surface area contributed by atoms with Crippen LogP contribution >= 0.6 is 31.9 Å². The Morgan fingerprint density at radius 1 is 0.650 bits per heavy atom. The van der Waals surface area contributed by atoms with E-state index in [1.807, 2.05) is 165 Å². The van der Waals surface area contributed by atoms with Gasteiger partial charge in [0, 0.05) is 79.2 Å². The molecule has 1 fully saturated rings. The number of rotatable bonds is 10. The lowest BCUT2D eigenvalue weighted by Gasteiger charge is -2.32. The van der Waals surface area contributed by atoms with Crippen molar-refractivity contribution in [3.05, 3.63) is 190 Å². The van der Waals surface area contributed by atoms with Gasteiger partial charge < -0.3 is 50.7 Å². The van der Waals surface area contributed by atoms with Crippen molar-refractivity contribution < 1.29 is 39.0 Å². The second-order valence-electron chi connectivity index (χ2n) is 22.6. The lowest BCUT2D eigenvalue weighted by molar-refractivity contribution is -0.116. The van der Waals surface area contributed by atoms with Crippen molar-refractivity contribution >= 4 is 120 Å². The van der Waals surface area contributed by atoms with Crippen LogP contribution in [0.1, 0.15) is 90.0 Å². The van der Waals surface area contributed by atoms with E-state index in [0.717, 1.165) is 66.7 Å². The summed E-state index contributed by atoms with van der Waals surface area (Å²) in [5.74, 6) is 1.31. The number of carbonyl (C=O) groups excluding carboxylic acids is 5. The number of alkyl halides is 2. The van der Waals surface area contributed by atoms with Crippen LogP contribution < -0.4 is 32.9 Å². The molecule has 10 N–H and O–H groups in total. The molecule has 0 spiro atoms. The number of hydrogen-bond acceptors (Lipinski definition) is 15. The Labute approximate surface area is 594 Å². The fraction of sp³-hybridized carbons (Fsp3) is 0.235. The summed E-state index contributed by atoms with van der Waals surface area (Å²) in [7, 11) is -1.43. The molecule has 0 aromatic carbocycles. The Bertz CT molecular complexity index is 4840. The van der Waals surface area contributed by atoms with Crippen LogP contribution in [0, 0.1) is 40.8 Å². The molecule has 100 heavy (non-hydrogen) atoms. The molecule has 4 amide bonds. The maximum Gasteiger partial charge on any atom is 0.498 e. The monoisotopic (exact) mass is 1480 g/mol. The van der Waals surface area contributed by atoms with E-state index in [2.05, 4.69) is 117 Å². The second-order valence-corrected chi connectivity index (χ2v) is 23.9. The van der Waals surface area contributed by atoms with E-state index in [1.54, 1.807) is 27.3 Å². The van der Waals surface area contributed by atoms with Crippen molar-refractivity contribution in [3.8, 4) is 45.3 Å². The fourth-order valence-corrected chi connectivity index (χ4v) is 9.76. The maximum absolute atomic E-state index is 11.5. The first kappa shape index (κ1) is 75.9. The lowest BCUT2D eigenvalue weighted by Crippen LogP contribution is -2.41.